The second kappa shape index (κ2) is 6.30. The number of nitrogens with zero attached hydrogens (tertiary/aromatic N) is 2. The van der Waals surface area contributed by atoms with E-state index in [9.17, 15) is 8.42 Å². The SMILES string of the molecule is COc1cn(-c2ccc(S(C)(=O)=O)cc2)c(-c2ccc(Cl)cc2)n1. The van der Waals surface area contributed by atoms with E-state index in [1.165, 1.54) is 6.26 Å². The third-order valence-corrected chi connectivity index (χ3v) is 4.92. The smallest absolute Gasteiger partial charge is 0.232 e. The van der Waals surface area contributed by atoms with Gasteiger partial charge in [0.05, 0.1) is 18.2 Å². The second-order valence-corrected chi connectivity index (χ2v) is 7.70. The molecule has 1 aromatic heterocycles. The number of sulfone groups is 1. The molecule has 0 atom stereocenters. The molecule has 0 aliphatic rings. The summed E-state index contributed by atoms with van der Waals surface area (Å²) in [5.41, 5.74) is 1.65. The highest BCUT2D eigenvalue weighted by Gasteiger charge is 2.13. The Balaban J connectivity index is 2.10. The van der Waals surface area contributed by atoms with E-state index in [0.29, 0.717) is 16.7 Å². The minimum Gasteiger partial charge on any atom is -0.480 e. The van der Waals surface area contributed by atoms with Gasteiger partial charge in [-0.2, -0.15) is 4.98 Å². The summed E-state index contributed by atoms with van der Waals surface area (Å²) in [6, 6.07) is 13.9. The highest BCUT2D eigenvalue weighted by Crippen LogP contribution is 2.27. The van der Waals surface area contributed by atoms with Crippen LogP contribution in [0.5, 0.6) is 5.88 Å². The number of hydrogen-bond donors (Lipinski definition) is 0. The average Bonchev–Trinajstić information content (AvgIpc) is 2.99. The molecule has 0 unspecified atom stereocenters. The third-order valence-electron chi connectivity index (χ3n) is 3.54. The summed E-state index contributed by atoms with van der Waals surface area (Å²) < 4.78 is 30.3. The molecule has 0 bridgehead atoms. The molecule has 1 heterocycles. The first-order chi connectivity index (χ1) is 11.4. The zero-order valence-electron chi connectivity index (χ0n) is 13.1. The van der Waals surface area contributed by atoms with E-state index in [0.717, 1.165) is 11.3 Å². The molecular weight excluding hydrogens is 348 g/mol. The monoisotopic (exact) mass is 362 g/mol. The van der Waals surface area contributed by atoms with Crippen molar-refractivity contribution in [2.75, 3.05) is 13.4 Å². The summed E-state index contributed by atoms with van der Waals surface area (Å²) >= 11 is 5.94. The Morgan fingerprint density at radius 3 is 2.21 bits per heavy atom. The number of halogens is 1. The topological polar surface area (TPSA) is 61.2 Å². The first kappa shape index (κ1) is 16.5. The molecule has 0 aliphatic carbocycles. The Bertz CT molecular complexity index is 962. The van der Waals surface area contributed by atoms with Gasteiger partial charge in [-0.1, -0.05) is 11.6 Å². The van der Waals surface area contributed by atoms with Crippen LogP contribution in [-0.4, -0.2) is 31.3 Å². The number of methoxy groups -OCH3 is 1. The van der Waals surface area contributed by atoms with Crippen molar-refractivity contribution in [3.63, 3.8) is 0 Å². The summed E-state index contributed by atoms with van der Waals surface area (Å²) in [5, 5.41) is 0.640. The number of hydrogen-bond acceptors (Lipinski definition) is 4. The van der Waals surface area contributed by atoms with Gasteiger partial charge in [-0.3, -0.25) is 4.57 Å². The molecule has 0 radical (unpaired) electrons. The van der Waals surface area contributed by atoms with Crippen molar-refractivity contribution in [1.29, 1.82) is 0 Å². The van der Waals surface area contributed by atoms with Gasteiger partial charge in [-0.05, 0) is 48.5 Å². The molecule has 5 nitrogen and oxygen atoms in total. The Morgan fingerprint density at radius 1 is 1.04 bits per heavy atom. The maximum atomic E-state index is 11.6. The summed E-state index contributed by atoms with van der Waals surface area (Å²) in [5.74, 6) is 1.14. The molecule has 0 saturated carbocycles. The van der Waals surface area contributed by atoms with Gasteiger partial charge in [-0.25, -0.2) is 8.42 Å². The molecular formula is C17H15ClN2O3S. The zero-order valence-corrected chi connectivity index (χ0v) is 14.7. The fourth-order valence-corrected chi connectivity index (χ4v) is 3.07. The average molecular weight is 363 g/mol. The molecule has 0 saturated heterocycles. The largest absolute Gasteiger partial charge is 0.480 e. The predicted molar refractivity (Wildman–Crippen MR) is 93.7 cm³/mol. The standard InChI is InChI=1S/C17H15ClN2O3S/c1-23-16-11-20(14-7-9-15(10-8-14)24(2,21)22)17(19-16)12-3-5-13(18)6-4-12/h3-11H,1-2H3. The van der Waals surface area contributed by atoms with Crippen molar-refractivity contribution < 1.29 is 13.2 Å². The maximum Gasteiger partial charge on any atom is 0.232 e. The quantitative estimate of drug-likeness (QED) is 0.711. The Labute approximate surface area is 145 Å². The van der Waals surface area contributed by atoms with E-state index >= 15 is 0 Å². The Kier molecular flexibility index (Phi) is 4.34. The van der Waals surface area contributed by atoms with Gasteiger partial charge in [0.2, 0.25) is 5.88 Å². The van der Waals surface area contributed by atoms with Gasteiger partial charge in [0, 0.05) is 22.5 Å². The van der Waals surface area contributed by atoms with Crippen molar-refractivity contribution >= 4 is 21.4 Å². The van der Waals surface area contributed by atoms with Crippen LogP contribution < -0.4 is 4.74 Å². The molecule has 0 aliphatic heterocycles. The van der Waals surface area contributed by atoms with Crippen LogP contribution >= 0.6 is 11.6 Å². The van der Waals surface area contributed by atoms with Crippen molar-refractivity contribution in [3.05, 3.63) is 59.8 Å². The normalized spacial score (nSPS) is 11.5. The summed E-state index contributed by atoms with van der Waals surface area (Å²) in [7, 11) is -1.69. The number of benzene rings is 2. The summed E-state index contributed by atoms with van der Waals surface area (Å²) in [6.07, 6.45) is 2.93. The zero-order chi connectivity index (χ0) is 17.3. The highest BCUT2D eigenvalue weighted by molar-refractivity contribution is 7.90. The van der Waals surface area contributed by atoms with Gasteiger partial charge >= 0.3 is 0 Å². The maximum absolute atomic E-state index is 11.6. The van der Waals surface area contributed by atoms with Crippen molar-refractivity contribution in [3.8, 4) is 23.0 Å². The van der Waals surface area contributed by atoms with E-state index in [2.05, 4.69) is 4.98 Å². The van der Waals surface area contributed by atoms with Gasteiger partial charge < -0.3 is 4.74 Å². The highest BCUT2D eigenvalue weighted by atomic mass is 35.5. The fraction of sp³-hybridized carbons (Fsp3) is 0.118. The van der Waals surface area contributed by atoms with Crippen LogP contribution in [-0.2, 0) is 9.84 Å². The van der Waals surface area contributed by atoms with E-state index < -0.39 is 9.84 Å². The molecule has 3 aromatic rings. The van der Waals surface area contributed by atoms with Gasteiger partial charge in [0.1, 0.15) is 5.82 Å². The first-order valence-corrected chi connectivity index (χ1v) is 9.35. The number of ether oxygens (including phenoxy) is 1. The molecule has 24 heavy (non-hydrogen) atoms. The number of aromatic nitrogens is 2. The van der Waals surface area contributed by atoms with Crippen LogP contribution in [0.4, 0.5) is 0 Å². The van der Waals surface area contributed by atoms with Crippen LogP contribution in [0.15, 0.2) is 59.6 Å². The van der Waals surface area contributed by atoms with Crippen LogP contribution in [0.2, 0.25) is 5.02 Å². The van der Waals surface area contributed by atoms with Gasteiger partial charge in [0.15, 0.2) is 9.84 Å². The summed E-state index contributed by atoms with van der Waals surface area (Å²) in [6.45, 7) is 0. The van der Waals surface area contributed by atoms with E-state index in [-0.39, 0.29) is 4.90 Å². The van der Waals surface area contributed by atoms with Crippen molar-refractivity contribution in [2.45, 2.75) is 4.90 Å². The fourth-order valence-electron chi connectivity index (χ4n) is 2.31. The van der Waals surface area contributed by atoms with E-state index in [1.54, 1.807) is 49.7 Å². The lowest BCUT2D eigenvalue weighted by atomic mass is 10.2. The van der Waals surface area contributed by atoms with Crippen LogP contribution in [0, 0.1) is 0 Å². The Morgan fingerprint density at radius 2 is 1.67 bits per heavy atom. The predicted octanol–water partition coefficient (Wildman–Crippen LogP) is 3.60. The van der Waals surface area contributed by atoms with Crippen molar-refractivity contribution in [2.24, 2.45) is 0 Å². The van der Waals surface area contributed by atoms with Gasteiger partial charge in [-0.15, -0.1) is 0 Å². The molecule has 7 heteroatoms. The van der Waals surface area contributed by atoms with Crippen LogP contribution in [0.3, 0.4) is 0 Å². The lowest BCUT2D eigenvalue weighted by molar-refractivity contribution is 0.400. The molecule has 0 fully saturated rings. The Hall–Kier alpha value is -2.31. The molecule has 0 N–H and O–H groups in total. The first-order valence-electron chi connectivity index (χ1n) is 7.08. The number of rotatable bonds is 4. The van der Waals surface area contributed by atoms with Crippen LogP contribution in [0.25, 0.3) is 17.1 Å². The molecule has 124 valence electrons. The molecule has 3 rings (SSSR count). The van der Waals surface area contributed by atoms with Crippen LogP contribution in [0.1, 0.15) is 0 Å². The minimum atomic E-state index is -3.23. The minimum absolute atomic E-state index is 0.270. The van der Waals surface area contributed by atoms with Gasteiger partial charge in [0.25, 0.3) is 0 Å². The molecule has 0 spiro atoms. The lowest BCUT2D eigenvalue weighted by Gasteiger charge is -2.08. The summed E-state index contributed by atoms with van der Waals surface area (Å²) in [4.78, 5) is 4.73. The van der Waals surface area contributed by atoms with E-state index in [1.807, 2.05) is 16.7 Å². The molecule has 0 amide bonds. The third kappa shape index (κ3) is 3.29. The van der Waals surface area contributed by atoms with Crippen molar-refractivity contribution in [1.82, 2.24) is 9.55 Å². The number of imidazole rings is 1. The molecule has 2 aromatic carbocycles. The second-order valence-electron chi connectivity index (χ2n) is 5.25. The lowest BCUT2D eigenvalue weighted by Crippen LogP contribution is -1.99. The van der Waals surface area contributed by atoms with E-state index in [4.69, 9.17) is 16.3 Å².